The molecular weight excluding hydrogens is 482 g/mol. The lowest BCUT2D eigenvalue weighted by Gasteiger charge is -2.34. The minimum Gasteiger partial charge on any atom is -0.466 e. The number of H-pyrrole nitrogens is 1. The highest BCUT2D eigenvalue weighted by Crippen LogP contribution is 2.22. The molecule has 1 fully saturated rings. The van der Waals surface area contributed by atoms with Gasteiger partial charge in [0.25, 0.3) is 5.91 Å². The Morgan fingerprint density at radius 2 is 1.86 bits per heavy atom. The zero-order valence-corrected chi connectivity index (χ0v) is 20.8. The van der Waals surface area contributed by atoms with Crippen molar-refractivity contribution >= 4 is 40.3 Å². The monoisotopic (exact) mass is 511 g/mol. The van der Waals surface area contributed by atoms with Crippen LogP contribution >= 0.6 is 11.6 Å². The zero-order valence-electron chi connectivity index (χ0n) is 20.1. The number of carbonyl (C=O) groups is 3. The van der Waals surface area contributed by atoms with Crippen LogP contribution in [0.4, 0.5) is 0 Å². The second-order valence-corrected chi connectivity index (χ2v) is 9.41. The lowest BCUT2D eigenvalue weighted by Crippen LogP contribution is -2.56. The Balaban J connectivity index is 1.51. The molecule has 2 heterocycles. The quantitative estimate of drug-likeness (QED) is 0.402. The van der Waals surface area contributed by atoms with Crippen molar-refractivity contribution < 1.29 is 24.2 Å². The van der Waals surface area contributed by atoms with Crippen LogP contribution in [-0.2, 0) is 20.7 Å². The van der Waals surface area contributed by atoms with Gasteiger partial charge >= 0.3 is 5.97 Å². The first-order valence-corrected chi connectivity index (χ1v) is 12.5. The molecule has 0 spiro atoms. The van der Waals surface area contributed by atoms with Gasteiger partial charge in [0.2, 0.25) is 5.91 Å². The predicted octanol–water partition coefficient (Wildman–Crippen LogP) is 3.33. The Labute approximate surface area is 214 Å². The highest BCUT2D eigenvalue weighted by molar-refractivity contribution is 6.31. The Morgan fingerprint density at radius 1 is 1.14 bits per heavy atom. The molecule has 1 aliphatic heterocycles. The van der Waals surface area contributed by atoms with Crippen molar-refractivity contribution in [3.8, 4) is 0 Å². The zero-order chi connectivity index (χ0) is 25.7. The van der Waals surface area contributed by atoms with E-state index in [1.807, 2.05) is 30.3 Å². The van der Waals surface area contributed by atoms with Gasteiger partial charge in [0.15, 0.2) is 0 Å². The number of nitrogens with one attached hydrogen (secondary N) is 2. The highest BCUT2D eigenvalue weighted by atomic mass is 35.5. The summed E-state index contributed by atoms with van der Waals surface area (Å²) in [4.78, 5) is 43.4. The summed E-state index contributed by atoms with van der Waals surface area (Å²) in [6, 6.07) is 15.0. The lowest BCUT2D eigenvalue weighted by molar-refractivity contribution is -0.151. The molecule has 2 amide bonds. The van der Waals surface area contributed by atoms with Crippen molar-refractivity contribution in [1.82, 2.24) is 15.2 Å². The van der Waals surface area contributed by atoms with Crippen LogP contribution in [-0.4, -0.2) is 64.6 Å². The second kappa shape index (κ2) is 11.6. The van der Waals surface area contributed by atoms with Gasteiger partial charge in [-0.1, -0.05) is 41.9 Å². The van der Waals surface area contributed by atoms with Gasteiger partial charge in [-0.25, -0.2) is 0 Å². The van der Waals surface area contributed by atoms with Gasteiger partial charge in [0.1, 0.15) is 11.7 Å². The van der Waals surface area contributed by atoms with Gasteiger partial charge in [-0.3, -0.25) is 14.4 Å². The number of hydrogen-bond acceptors (Lipinski definition) is 5. The Bertz CT molecular complexity index is 1220. The fraction of sp³-hybridized carbons (Fsp3) is 0.370. The van der Waals surface area contributed by atoms with Crippen molar-refractivity contribution in [3.63, 3.8) is 0 Å². The molecule has 0 unspecified atom stereocenters. The fourth-order valence-electron chi connectivity index (χ4n) is 4.53. The van der Waals surface area contributed by atoms with Crippen molar-refractivity contribution in [2.45, 2.75) is 38.3 Å². The summed E-state index contributed by atoms with van der Waals surface area (Å²) in [5, 5.41) is 15.1. The maximum absolute atomic E-state index is 13.5. The number of fused-ring (bicyclic) bond motifs is 1. The summed E-state index contributed by atoms with van der Waals surface area (Å²) < 4.78 is 5.11. The summed E-state index contributed by atoms with van der Waals surface area (Å²) in [5.41, 5.74) is 1.84. The third-order valence-corrected chi connectivity index (χ3v) is 6.71. The molecule has 2 atom stereocenters. The number of ether oxygens (including phenoxy) is 1. The molecule has 1 aromatic heterocycles. The molecule has 3 aromatic rings. The number of aliphatic hydroxyl groups excluding tert-OH is 1. The summed E-state index contributed by atoms with van der Waals surface area (Å²) in [6.07, 6.45) is -0.00416. The number of aromatic nitrogens is 1. The first-order valence-electron chi connectivity index (χ1n) is 12.1. The number of carbonyl (C=O) groups excluding carboxylic acids is 3. The van der Waals surface area contributed by atoms with Crippen LogP contribution < -0.4 is 5.32 Å². The smallest absolute Gasteiger partial charge is 0.309 e. The van der Waals surface area contributed by atoms with E-state index in [-0.39, 0.29) is 29.9 Å². The van der Waals surface area contributed by atoms with Gasteiger partial charge in [-0.2, -0.15) is 0 Å². The number of aromatic amines is 1. The van der Waals surface area contributed by atoms with E-state index in [9.17, 15) is 19.5 Å². The molecular formula is C27H30ClN3O5. The average molecular weight is 512 g/mol. The topological polar surface area (TPSA) is 112 Å². The maximum atomic E-state index is 13.5. The molecule has 1 saturated heterocycles. The lowest BCUT2D eigenvalue weighted by atomic mass is 9.95. The molecule has 0 aliphatic carbocycles. The third-order valence-electron chi connectivity index (χ3n) is 6.48. The van der Waals surface area contributed by atoms with Crippen LogP contribution in [0.15, 0.2) is 54.6 Å². The SMILES string of the molecule is CCOC(=O)C1CCN(C(=O)[C@H](NC(=O)c2cc3cc(Cl)ccc3[nH]2)[C@@H](O)Cc2ccccc2)CC1. The van der Waals surface area contributed by atoms with E-state index in [2.05, 4.69) is 10.3 Å². The molecule has 3 N–H and O–H groups in total. The number of aliphatic hydroxyl groups is 1. The van der Waals surface area contributed by atoms with Gasteiger partial charge in [0, 0.05) is 35.4 Å². The molecule has 36 heavy (non-hydrogen) atoms. The van der Waals surface area contributed by atoms with E-state index >= 15 is 0 Å². The van der Waals surface area contributed by atoms with Crippen LogP contribution in [0.5, 0.6) is 0 Å². The number of esters is 1. The number of piperidine rings is 1. The van der Waals surface area contributed by atoms with Gasteiger partial charge in [-0.05, 0) is 49.6 Å². The number of likely N-dealkylation sites (tertiary alicyclic amines) is 1. The number of rotatable bonds is 8. The Morgan fingerprint density at radius 3 is 2.56 bits per heavy atom. The van der Waals surface area contributed by atoms with Crippen molar-refractivity contribution in [3.05, 3.63) is 70.9 Å². The minimum absolute atomic E-state index is 0.194. The van der Waals surface area contributed by atoms with Crippen molar-refractivity contribution in [2.24, 2.45) is 5.92 Å². The molecule has 0 radical (unpaired) electrons. The highest BCUT2D eigenvalue weighted by Gasteiger charge is 2.36. The van der Waals surface area contributed by atoms with E-state index in [1.54, 1.807) is 36.1 Å². The second-order valence-electron chi connectivity index (χ2n) is 8.97. The Hall–Kier alpha value is -3.36. The summed E-state index contributed by atoms with van der Waals surface area (Å²) >= 11 is 6.06. The van der Waals surface area contributed by atoms with E-state index in [0.717, 1.165) is 16.5 Å². The van der Waals surface area contributed by atoms with Crippen LogP contribution in [0.2, 0.25) is 5.02 Å². The van der Waals surface area contributed by atoms with E-state index in [4.69, 9.17) is 16.3 Å². The summed E-state index contributed by atoms with van der Waals surface area (Å²) in [7, 11) is 0. The summed E-state index contributed by atoms with van der Waals surface area (Å²) in [5.74, 6) is -1.39. The van der Waals surface area contributed by atoms with Crippen LogP contribution in [0.3, 0.4) is 0 Å². The third kappa shape index (κ3) is 6.06. The number of nitrogens with zero attached hydrogens (tertiary/aromatic N) is 1. The minimum atomic E-state index is -1.16. The van der Waals surface area contributed by atoms with E-state index in [0.29, 0.717) is 37.6 Å². The van der Waals surface area contributed by atoms with Crippen LogP contribution in [0.25, 0.3) is 10.9 Å². The molecule has 1 aliphatic rings. The van der Waals surface area contributed by atoms with Crippen LogP contribution in [0, 0.1) is 5.92 Å². The standard InChI is InChI=1S/C27H30ClN3O5/c1-2-36-27(35)18-10-12-31(13-11-18)26(34)24(23(32)14-17-6-4-3-5-7-17)30-25(33)22-16-19-15-20(28)8-9-21(19)29-22/h3-9,15-16,18,23-24,29,32H,2,10-14H2,1H3,(H,30,33)/t23-,24+/m0/s1. The van der Waals surface area contributed by atoms with Crippen LogP contribution in [0.1, 0.15) is 35.8 Å². The van der Waals surface area contributed by atoms with E-state index in [1.165, 1.54) is 0 Å². The number of halogens is 1. The maximum Gasteiger partial charge on any atom is 0.309 e. The average Bonchev–Trinajstić information content (AvgIpc) is 3.31. The van der Waals surface area contributed by atoms with Crippen molar-refractivity contribution in [1.29, 1.82) is 0 Å². The Kier molecular flexibility index (Phi) is 8.28. The molecule has 190 valence electrons. The van der Waals surface area contributed by atoms with E-state index < -0.39 is 18.1 Å². The molecule has 0 bridgehead atoms. The van der Waals surface area contributed by atoms with Gasteiger partial charge < -0.3 is 25.0 Å². The molecule has 9 heteroatoms. The molecule has 4 rings (SSSR count). The largest absolute Gasteiger partial charge is 0.466 e. The van der Waals surface area contributed by atoms with Crippen molar-refractivity contribution in [2.75, 3.05) is 19.7 Å². The normalized spacial score (nSPS) is 15.9. The van der Waals surface area contributed by atoms with Gasteiger partial charge in [-0.15, -0.1) is 0 Å². The number of benzene rings is 2. The molecule has 8 nitrogen and oxygen atoms in total. The number of hydrogen-bond donors (Lipinski definition) is 3. The fourth-order valence-corrected chi connectivity index (χ4v) is 4.71. The molecule has 2 aromatic carbocycles. The number of amides is 2. The summed E-state index contributed by atoms with van der Waals surface area (Å²) in [6.45, 7) is 2.77. The predicted molar refractivity (Wildman–Crippen MR) is 137 cm³/mol. The first-order chi connectivity index (χ1) is 17.4. The first kappa shape index (κ1) is 25.7. The molecule has 0 saturated carbocycles. The van der Waals surface area contributed by atoms with Gasteiger partial charge in [0.05, 0.1) is 18.6 Å².